The Morgan fingerprint density at radius 1 is 1.50 bits per heavy atom. The van der Waals surface area contributed by atoms with Crippen molar-refractivity contribution in [1.29, 1.82) is 0 Å². The zero-order valence-corrected chi connectivity index (χ0v) is 9.94. The van der Waals surface area contributed by atoms with Crippen LogP contribution in [0.5, 0.6) is 0 Å². The van der Waals surface area contributed by atoms with Crippen LogP contribution in [0, 0.1) is 13.8 Å². The first-order valence-corrected chi connectivity index (χ1v) is 5.58. The number of amides is 1. The van der Waals surface area contributed by atoms with E-state index in [-0.39, 0.29) is 5.91 Å². The summed E-state index contributed by atoms with van der Waals surface area (Å²) in [7, 11) is 1.79. The fourth-order valence-electron chi connectivity index (χ4n) is 1.09. The van der Waals surface area contributed by atoms with E-state index >= 15 is 0 Å². The summed E-state index contributed by atoms with van der Waals surface area (Å²) in [5.41, 5.74) is 1.01. The fourth-order valence-corrected chi connectivity index (χ4v) is 1.98. The van der Waals surface area contributed by atoms with Gasteiger partial charge in [-0.3, -0.25) is 9.69 Å². The van der Waals surface area contributed by atoms with Crippen LogP contribution in [-0.4, -0.2) is 17.9 Å². The molecule has 4 heteroatoms. The van der Waals surface area contributed by atoms with Crippen molar-refractivity contribution in [3.8, 4) is 0 Å². The minimum atomic E-state index is 0.140. The largest absolute Gasteiger partial charge is 0.291 e. The summed E-state index contributed by atoms with van der Waals surface area (Å²) in [5, 5.41) is 0.804. The summed E-state index contributed by atoms with van der Waals surface area (Å²) in [6.07, 6.45) is 1.47. The standard InChI is InChI=1S/C10H16N2OS/c1-5-6-9(13)12(4)10-11-7(2)8(3)14-10/h5-6H2,1-4H3. The molecule has 0 radical (unpaired) electrons. The van der Waals surface area contributed by atoms with E-state index in [1.807, 2.05) is 20.8 Å². The van der Waals surface area contributed by atoms with E-state index in [9.17, 15) is 4.79 Å². The zero-order valence-electron chi connectivity index (χ0n) is 9.13. The molecule has 0 aliphatic heterocycles. The van der Waals surface area contributed by atoms with Crippen molar-refractivity contribution in [3.05, 3.63) is 10.6 Å². The molecule has 1 amide bonds. The molecule has 0 saturated heterocycles. The number of aryl methyl sites for hydroxylation is 2. The van der Waals surface area contributed by atoms with Gasteiger partial charge in [-0.15, -0.1) is 11.3 Å². The Kier molecular flexibility index (Phi) is 3.63. The molecule has 14 heavy (non-hydrogen) atoms. The Morgan fingerprint density at radius 3 is 2.57 bits per heavy atom. The normalized spacial score (nSPS) is 10.3. The van der Waals surface area contributed by atoms with E-state index in [1.54, 1.807) is 23.3 Å². The first kappa shape index (κ1) is 11.2. The first-order chi connectivity index (χ1) is 6.56. The highest BCUT2D eigenvalue weighted by atomic mass is 32.1. The van der Waals surface area contributed by atoms with Crippen LogP contribution >= 0.6 is 11.3 Å². The van der Waals surface area contributed by atoms with Gasteiger partial charge in [0.05, 0.1) is 5.69 Å². The highest BCUT2D eigenvalue weighted by Gasteiger charge is 2.14. The second-order valence-corrected chi connectivity index (χ2v) is 4.52. The second kappa shape index (κ2) is 4.55. The lowest BCUT2D eigenvalue weighted by Gasteiger charge is -2.12. The van der Waals surface area contributed by atoms with E-state index in [1.165, 1.54) is 4.88 Å². The molecule has 0 bridgehead atoms. The molecule has 1 heterocycles. The molecular weight excluding hydrogens is 196 g/mol. The zero-order chi connectivity index (χ0) is 10.7. The summed E-state index contributed by atoms with van der Waals surface area (Å²) >= 11 is 1.57. The van der Waals surface area contributed by atoms with Crippen molar-refractivity contribution in [2.75, 3.05) is 11.9 Å². The number of rotatable bonds is 3. The highest BCUT2D eigenvalue weighted by Crippen LogP contribution is 2.24. The molecule has 0 saturated carbocycles. The van der Waals surface area contributed by atoms with E-state index in [0.29, 0.717) is 6.42 Å². The van der Waals surface area contributed by atoms with Gasteiger partial charge >= 0.3 is 0 Å². The minimum Gasteiger partial charge on any atom is -0.291 e. The second-order valence-electron chi connectivity index (χ2n) is 3.34. The third-order valence-electron chi connectivity index (χ3n) is 2.14. The third-order valence-corrected chi connectivity index (χ3v) is 3.29. The highest BCUT2D eigenvalue weighted by molar-refractivity contribution is 7.15. The molecule has 0 N–H and O–H groups in total. The van der Waals surface area contributed by atoms with Crippen molar-refractivity contribution < 1.29 is 4.79 Å². The Balaban J connectivity index is 2.78. The lowest BCUT2D eigenvalue weighted by Crippen LogP contribution is -2.25. The van der Waals surface area contributed by atoms with Crippen molar-refractivity contribution in [1.82, 2.24) is 4.98 Å². The Labute approximate surface area is 88.8 Å². The number of anilines is 1. The molecule has 3 nitrogen and oxygen atoms in total. The van der Waals surface area contributed by atoms with E-state index < -0.39 is 0 Å². The lowest BCUT2D eigenvalue weighted by molar-refractivity contribution is -0.118. The molecule has 1 aromatic heterocycles. The average Bonchev–Trinajstić information content (AvgIpc) is 2.46. The summed E-state index contributed by atoms with van der Waals surface area (Å²) in [4.78, 5) is 18.7. The molecule has 78 valence electrons. The molecule has 0 aliphatic rings. The maximum atomic E-state index is 11.6. The van der Waals surface area contributed by atoms with Gasteiger partial charge in [0.25, 0.3) is 0 Å². The maximum Gasteiger partial charge on any atom is 0.228 e. The van der Waals surface area contributed by atoms with Gasteiger partial charge in [-0.1, -0.05) is 6.92 Å². The number of carbonyl (C=O) groups is 1. The van der Waals surface area contributed by atoms with Crippen LogP contribution < -0.4 is 4.90 Å². The predicted octanol–water partition coefficient (Wildman–Crippen LogP) is 2.52. The number of aromatic nitrogens is 1. The third kappa shape index (κ3) is 2.32. The molecule has 0 aromatic carbocycles. The van der Waals surface area contributed by atoms with Gasteiger partial charge in [0, 0.05) is 18.3 Å². The summed E-state index contributed by atoms with van der Waals surface area (Å²) in [6.45, 7) is 5.99. The minimum absolute atomic E-state index is 0.140. The van der Waals surface area contributed by atoms with Gasteiger partial charge in [-0.25, -0.2) is 4.98 Å². The quantitative estimate of drug-likeness (QED) is 0.771. The van der Waals surface area contributed by atoms with Crippen LogP contribution in [0.4, 0.5) is 5.13 Å². The van der Waals surface area contributed by atoms with Crippen LogP contribution in [0.2, 0.25) is 0 Å². The van der Waals surface area contributed by atoms with Crippen molar-refractivity contribution in [2.24, 2.45) is 0 Å². The SMILES string of the molecule is CCCC(=O)N(C)c1nc(C)c(C)s1. The van der Waals surface area contributed by atoms with Gasteiger partial charge in [0.15, 0.2) is 5.13 Å². The summed E-state index contributed by atoms with van der Waals surface area (Å²) in [5.74, 6) is 0.140. The number of thiazole rings is 1. The topological polar surface area (TPSA) is 33.2 Å². The van der Waals surface area contributed by atoms with Crippen LogP contribution in [-0.2, 0) is 4.79 Å². The molecule has 0 fully saturated rings. The fraction of sp³-hybridized carbons (Fsp3) is 0.600. The smallest absolute Gasteiger partial charge is 0.228 e. The molecule has 0 spiro atoms. The molecule has 0 unspecified atom stereocenters. The Hall–Kier alpha value is -0.900. The van der Waals surface area contributed by atoms with Crippen LogP contribution in [0.25, 0.3) is 0 Å². The predicted molar refractivity (Wildman–Crippen MR) is 59.9 cm³/mol. The van der Waals surface area contributed by atoms with Gasteiger partial charge in [-0.05, 0) is 20.3 Å². The van der Waals surface area contributed by atoms with Gasteiger partial charge < -0.3 is 0 Å². The van der Waals surface area contributed by atoms with Crippen LogP contribution in [0.1, 0.15) is 30.3 Å². The van der Waals surface area contributed by atoms with Gasteiger partial charge in [0.2, 0.25) is 5.91 Å². The number of hydrogen-bond donors (Lipinski definition) is 0. The van der Waals surface area contributed by atoms with Gasteiger partial charge in [-0.2, -0.15) is 0 Å². The van der Waals surface area contributed by atoms with Crippen molar-refractivity contribution in [2.45, 2.75) is 33.6 Å². The van der Waals surface area contributed by atoms with Gasteiger partial charge in [0.1, 0.15) is 0 Å². The van der Waals surface area contributed by atoms with Crippen molar-refractivity contribution >= 4 is 22.4 Å². The summed E-state index contributed by atoms with van der Waals surface area (Å²) in [6, 6.07) is 0. The maximum absolute atomic E-state index is 11.6. The molecular formula is C10H16N2OS. The molecule has 0 atom stereocenters. The van der Waals surface area contributed by atoms with E-state index in [2.05, 4.69) is 4.98 Å². The summed E-state index contributed by atoms with van der Waals surface area (Å²) < 4.78 is 0. The Morgan fingerprint density at radius 2 is 2.14 bits per heavy atom. The molecule has 0 aliphatic carbocycles. The van der Waals surface area contributed by atoms with Crippen LogP contribution in [0.15, 0.2) is 0 Å². The average molecular weight is 212 g/mol. The number of hydrogen-bond acceptors (Lipinski definition) is 3. The van der Waals surface area contributed by atoms with Crippen LogP contribution in [0.3, 0.4) is 0 Å². The first-order valence-electron chi connectivity index (χ1n) is 4.76. The Bertz CT molecular complexity index is 313. The monoisotopic (exact) mass is 212 g/mol. The molecule has 1 rings (SSSR count). The van der Waals surface area contributed by atoms with E-state index in [0.717, 1.165) is 17.2 Å². The number of nitrogens with zero attached hydrogens (tertiary/aromatic N) is 2. The molecule has 1 aromatic rings. The number of carbonyl (C=O) groups excluding carboxylic acids is 1. The van der Waals surface area contributed by atoms with Crippen molar-refractivity contribution in [3.63, 3.8) is 0 Å². The lowest BCUT2D eigenvalue weighted by atomic mass is 10.3. The van der Waals surface area contributed by atoms with E-state index in [4.69, 9.17) is 0 Å².